The molecule has 0 unspecified atom stereocenters. The van der Waals surface area contributed by atoms with Crippen LogP contribution < -0.4 is 5.32 Å². The molecule has 0 saturated heterocycles. The van der Waals surface area contributed by atoms with Crippen molar-refractivity contribution in [3.63, 3.8) is 0 Å². The second-order valence-electron chi connectivity index (χ2n) is 3.90. The van der Waals surface area contributed by atoms with Gasteiger partial charge in [-0.05, 0) is 34.5 Å². The lowest BCUT2D eigenvalue weighted by Crippen LogP contribution is -2.42. The Bertz CT molecular complexity index is 529. The van der Waals surface area contributed by atoms with Crippen molar-refractivity contribution in [3.8, 4) is 0 Å². The van der Waals surface area contributed by atoms with Crippen molar-refractivity contribution in [2.45, 2.75) is 19.4 Å². The lowest BCUT2D eigenvalue weighted by atomic mass is 10.1. The van der Waals surface area contributed by atoms with E-state index in [0.717, 1.165) is 5.56 Å². The molecule has 0 fully saturated rings. The summed E-state index contributed by atoms with van der Waals surface area (Å²) in [6, 6.07) is 3.50. The number of carboxylic acids is 2. The van der Waals surface area contributed by atoms with E-state index in [2.05, 4.69) is 21.2 Å². The van der Waals surface area contributed by atoms with Crippen LogP contribution in [0.15, 0.2) is 22.7 Å². The van der Waals surface area contributed by atoms with Crippen molar-refractivity contribution in [1.82, 2.24) is 5.32 Å². The number of benzene rings is 1. The molecule has 1 atom stereocenters. The molecule has 1 aromatic carbocycles. The Labute approximate surface area is 117 Å². The van der Waals surface area contributed by atoms with E-state index in [4.69, 9.17) is 10.2 Å². The van der Waals surface area contributed by atoms with Crippen molar-refractivity contribution < 1.29 is 24.6 Å². The Morgan fingerprint density at radius 1 is 1.32 bits per heavy atom. The Balaban J connectivity index is 2.91. The normalized spacial score (nSPS) is 11.7. The smallest absolute Gasteiger partial charge is 0.326 e. The number of hydrogen-bond acceptors (Lipinski definition) is 3. The van der Waals surface area contributed by atoms with Crippen molar-refractivity contribution in [1.29, 1.82) is 0 Å². The zero-order valence-corrected chi connectivity index (χ0v) is 11.6. The van der Waals surface area contributed by atoms with Gasteiger partial charge in [-0.15, -0.1) is 0 Å². The highest BCUT2D eigenvalue weighted by Crippen LogP contribution is 2.21. The fourth-order valence-corrected chi connectivity index (χ4v) is 1.88. The maximum absolute atomic E-state index is 11.9. The fraction of sp³-hybridized carbons (Fsp3) is 0.250. The first kappa shape index (κ1) is 15.2. The predicted octanol–water partition coefficient (Wildman–Crippen LogP) is 1.42. The molecule has 1 aromatic rings. The van der Waals surface area contributed by atoms with Crippen LogP contribution in [0.1, 0.15) is 22.3 Å². The Morgan fingerprint density at radius 3 is 2.47 bits per heavy atom. The lowest BCUT2D eigenvalue weighted by molar-refractivity contribution is -0.145. The molecule has 1 amide bonds. The Kier molecular flexibility index (Phi) is 5.05. The molecule has 3 N–H and O–H groups in total. The number of carboxylic acid groups (broad SMARTS) is 2. The number of carbonyl (C=O) groups excluding carboxylic acids is 1. The van der Waals surface area contributed by atoms with Gasteiger partial charge < -0.3 is 15.5 Å². The molecule has 0 radical (unpaired) electrons. The van der Waals surface area contributed by atoms with E-state index in [-0.39, 0.29) is 5.56 Å². The fourth-order valence-electron chi connectivity index (χ4n) is 1.43. The van der Waals surface area contributed by atoms with Gasteiger partial charge in [-0.2, -0.15) is 0 Å². The van der Waals surface area contributed by atoms with Crippen LogP contribution in [0.5, 0.6) is 0 Å². The van der Waals surface area contributed by atoms with Crippen LogP contribution >= 0.6 is 15.9 Å². The topological polar surface area (TPSA) is 104 Å². The second-order valence-corrected chi connectivity index (χ2v) is 4.69. The standard InChI is InChI=1S/C12H12BrNO5/c1-6-3-2-4-7(10(6)13)11(17)14-8(12(18)19)5-9(15)16/h2-4,8H,5H2,1H3,(H,14,17)(H,15,16)(H,18,19)/t8-/m1/s1. The van der Waals surface area contributed by atoms with Crippen LogP contribution in [0.25, 0.3) is 0 Å². The van der Waals surface area contributed by atoms with E-state index in [9.17, 15) is 14.4 Å². The molecule has 1 rings (SSSR count). The number of nitrogens with one attached hydrogen (secondary N) is 1. The van der Waals surface area contributed by atoms with Gasteiger partial charge in [0.1, 0.15) is 6.04 Å². The predicted molar refractivity (Wildman–Crippen MR) is 70.0 cm³/mol. The summed E-state index contributed by atoms with van der Waals surface area (Å²) in [6.07, 6.45) is -0.676. The first-order chi connectivity index (χ1) is 8.82. The summed E-state index contributed by atoms with van der Waals surface area (Å²) in [5.41, 5.74) is 1.08. The second kappa shape index (κ2) is 6.33. The molecular weight excluding hydrogens is 318 g/mol. The summed E-state index contributed by atoms with van der Waals surface area (Å²) >= 11 is 3.23. The van der Waals surface area contributed by atoms with Gasteiger partial charge in [-0.25, -0.2) is 4.79 Å². The van der Waals surface area contributed by atoms with Crippen LogP contribution in [0.2, 0.25) is 0 Å². The molecule has 0 aliphatic carbocycles. The third kappa shape index (κ3) is 4.06. The zero-order valence-electron chi connectivity index (χ0n) is 10.0. The summed E-state index contributed by atoms with van der Waals surface area (Å²) in [5, 5.41) is 19.6. The average molecular weight is 330 g/mol. The summed E-state index contributed by atoms with van der Waals surface area (Å²) in [7, 11) is 0. The van der Waals surface area contributed by atoms with Crippen LogP contribution in [0.3, 0.4) is 0 Å². The molecular formula is C12H12BrNO5. The molecule has 0 aliphatic rings. The minimum Gasteiger partial charge on any atom is -0.481 e. The highest BCUT2D eigenvalue weighted by atomic mass is 79.9. The number of aliphatic carboxylic acids is 2. The number of hydrogen-bond donors (Lipinski definition) is 3. The highest BCUT2D eigenvalue weighted by molar-refractivity contribution is 9.10. The first-order valence-electron chi connectivity index (χ1n) is 5.33. The van der Waals surface area contributed by atoms with Crippen molar-refractivity contribution in [3.05, 3.63) is 33.8 Å². The molecule has 0 saturated carbocycles. The maximum atomic E-state index is 11.9. The number of halogens is 1. The van der Waals surface area contributed by atoms with Crippen LogP contribution in [-0.2, 0) is 9.59 Å². The van der Waals surface area contributed by atoms with Crippen LogP contribution in [0.4, 0.5) is 0 Å². The van der Waals surface area contributed by atoms with Crippen LogP contribution in [-0.4, -0.2) is 34.1 Å². The van der Waals surface area contributed by atoms with Gasteiger partial charge in [0.05, 0.1) is 12.0 Å². The van der Waals surface area contributed by atoms with E-state index in [1.54, 1.807) is 19.1 Å². The number of rotatable bonds is 5. The average Bonchev–Trinajstić information content (AvgIpc) is 2.31. The third-order valence-corrected chi connectivity index (χ3v) is 3.47. The number of aryl methyl sites for hydroxylation is 1. The molecule has 6 nitrogen and oxygen atoms in total. The van der Waals surface area contributed by atoms with Gasteiger partial charge >= 0.3 is 11.9 Å². The number of carbonyl (C=O) groups is 3. The Hall–Kier alpha value is -1.89. The molecule has 102 valence electrons. The van der Waals surface area contributed by atoms with Crippen molar-refractivity contribution >= 4 is 33.8 Å². The largest absolute Gasteiger partial charge is 0.481 e. The molecule has 7 heteroatoms. The van der Waals surface area contributed by atoms with Gasteiger partial charge in [-0.1, -0.05) is 12.1 Å². The minimum absolute atomic E-state index is 0.261. The van der Waals surface area contributed by atoms with Gasteiger partial charge in [0, 0.05) is 4.47 Å². The maximum Gasteiger partial charge on any atom is 0.326 e. The Morgan fingerprint density at radius 2 is 1.95 bits per heavy atom. The first-order valence-corrected chi connectivity index (χ1v) is 6.12. The monoisotopic (exact) mass is 329 g/mol. The quantitative estimate of drug-likeness (QED) is 0.757. The van der Waals surface area contributed by atoms with E-state index >= 15 is 0 Å². The van der Waals surface area contributed by atoms with Crippen molar-refractivity contribution in [2.75, 3.05) is 0 Å². The zero-order chi connectivity index (χ0) is 14.6. The van der Waals surface area contributed by atoms with E-state index < -0.39 is 30.3 Å². The molecule has 0 aliphatic heterocycles. The summed E-state index contributed by atoms with van der Waals surface area (Å²) < 4.78 is 0.548. The SMILES string of the molecule is Cc1cccc(C(=O)N[C@H](CC(=O)O)C(=O)O)c1Br. The summed E-state index contributed by atoms with van der Waals surface area (Å²) in [6.45, 7) is 1.78. The lowest BCUT2D eigenvalue weighted by Gasteiger charge is -2.13. The molecule has 0 aromatic heterocycles. The molecule has 0 bridgehead atoms. The summed E-state index contributed by atoms with van der Waals surface area (Å²) in [5.74, 6) is -3.32. The highest BCUT2D eigenvalue weighted by Gasteiger charge is 2.24. The van der Waals surface area contributed by atoms with Gasteiger partial charge in [-0.3, -0.25) is 9.59 Å². The van der Waals surface area contributed by atoms with E-state index in [1.807, 2.05) is 0 Å². The van der Waals surface area contributed by atoms with E-state index in [0.29, 0.717) is 4.47 Å². The van der Waals surface area contributed by atoms with Crippen LogP contribution in [0, 0.1) is 6.92 Å². The molecule has 19 heavy (non-hydrogen) atoms. The summed E-state index contributed by atoms with van der Waals surface area (Å²) in [4.78, 5) is 33.3. The molecule has 0 heterocycles. The molecule has 0 spiro atoms. The van der Waals surface area contributed by atoms with Crippen molar-refractivity contribution in [2.24, 2.45) is 0 Å². The number of amides is 1. The van der Waals surface area contributed by atoms with Gasteiger partial charge in [0.2, 0.25) is 0 Å². The van der Waals surface area contributed by atoms with Gasteiger partial charge in [0.15, 0.2) is 0 Å². The van der Waals surface area contributed by atoms with E-state index in [1.165, 1.54) is 6.07 Å². The van der Waals surface area contributed by atoms with Gasteiger partial charge in [0.25, 0.3) is 5.91 Å². The third-order valence-electron chi connectivity index (χ3n) is 2.42. The minimum atomic E-state index is -1.46.